The molecule has 1 aromatic heterocycles. The van der Waals surface area contributed by atoms with Crippen molar-refractivity contribution in [1.29, 1.82) is 0 Å². The molecule has 0 radical (unpaired) electrons. The summed E-state index contributed by atoms with van der Waals surface area (Å²) in [4.78, 5) is 0. The van der Waals surface area contributed by atoms with Gasteiger partial charge in [0.25, 0.3) is 10.0 Å². The third-order valence-corrected chi connectivity index (χ3v) is 3.49. The van der Waals surface area contributed by atoms with Crippen molar-refractivity contribution in [3.63, 3.8) is 0 Å². The lowest BCUT2D eigenvalue weighted by atomic mass is 10.2. The summed E-state index contributed by atoms with van der Waals surface area (Å²) < 4.78 is 65.5. The van der Waals surface area contributed by atoms with Crippen molar-refractivity contribution in [3.05, 3.63) is 17.9 Å². The van der Waals surface area contributed by atoms with Gasteiger partial charge in [0, 0.05) is 0 Å². The number of nitrogens with one attached hydrogen (secondary N) is 2. The molecule has 0 unspecified atom stereocenters. The van der Waals surface area contributed by atoms with Crippen molar-refractivity contribution in [2.75, 3.05) is 13.1 Å². The highest BCUT2D eigenvalue weighted by atomic mass is 32.2. The summed E-state index contributed by atoms with van der Waals surface area (Å²) in [5, 5.41) is 2.51. The summed E-state index contributed by atoms with van der Waals surface area (Å²) in [6.45, 7) is 3.41. The number of hydrogen-bond donors (Lipinski definition) is 2. The molecule has 0 aliphatic rings. The van der Waals surface area contributed by atoms with E-state index in [2.05, 4.69) is 5.32 Å². The Hall–Kier alpha value is -1.06. The largest absolute Gasteiger partial charge is 0.447 e. The maximum atomic E-state index is 12.0. The first kappa shape index (κ1) is 17.0. The highest BCUT2D eigenvalue weighted by Crippen LogP contribution is 2.17. The molecule has 1 aromatic rings. The lowest BCUT2D eigenvalue weighted by molar-refractivity contribution is -0.121. The van der Waals surface area contributed by atoms with E-state index in [1.807, 2.05) is 13.8 Å². The average Bonchev–Trinajstić information content (AvgIpc) is 2.75. The van der Waals surface area contributed by atoms with E-state index in [-0.39, 0.29) is 0 Å². The SMILES string of the molecule is CC(C)CNCc1ccc(S(=O)(=O)NCC(F)(F)F)o1. The van der Waals surface area contributed by atoms with E-state index in [4.69, 9.17) is 4.42 Å². The molecule has 0 aromatic carbocycles. The third kappa shape index (κ3) is 5.93. The summed E-state index contributed by atoms with van der Waals surface area (Å²) in [5.41, 5.74) is 0. The molecule has 116 valence electrons. The third-order valence-electron chi connectivity index (χ3n) is 2.22. The Bertz CT molecular complexity index is 523. The van der Waals surface area contributed by atoms with Crippen LogP contribution in [0, 0.1) is 5.92 Å². The second kappa shape index (κ2) is 6.59. The van der Waals surface area contributed by atoms with Gasteiger partial charge >= 0.3 is 6.18 Å². The van der Waals surface area contributed by atoms with Gasteiger partial charge in [0.1, 0.15) is 12.3 Å². The first-order valence-corrected chi connectivity index (χ1v) is 7.44. The molecule has 0 aliphatic carbocycles. The summed E-state index contributed by atoms with van der Waals surface area (Å²) in [7, 11) is -4.28. The van der Waals surface area contributed by atoms with E-state index in [9.17, 15) is 21.6 Å². The minimum Gasteiger partial charge on any atom is -0.447 e. The first-order valence-electron chi connectivity index (χ1n) is 5.96. The summed E-state index contributed by atoms with van der Waals surface area (Å²) in [6.07, 6.45) is -4.61. The monoisotopic (exact) mass is 314 g/mol. The molecule has 9 heteroatoms. The zero-order valence-corrected chi connectivity index (χ0v) is 11.9. The van der Waals surface area contributed by atoms with E-state index in [0.29, 0.717) is 18.2 Å². The van der Waals surface area contributed by atoms with Gasteiger partial charge in [-0.05, 0) is 24.6 Å². The number of hydrogen-bond acceptors (Lipinski definition) is 4. The summed E-state index contributed by atoms with van der Waals surface area (Å²) in [6, 6.07) is 2.54. The number of halogens is 3. The van der Waals surface area contributed by atoms with E-state index in [1.165, 1.54) is 10.8 Å². The van der Waals surface area contributed by atoms with Gasteiger partial charge in [-0.25, -0.2) is 8.42 Å². The number of furan rings is 1. The highest BCUT2D eigenvalue weighted by Gasteiger charge is 2.31. The van der Waals surface area contributed by atoms with Crippen molar-refractivity contribution < 1.29 is 26.0 Å². The molecule has 1 rings (SSSR count). The Kier molecular flexibility index (Phi) is 5.60. The van der Waals surface area contributed by atoms with Gasteiger partial charge in [0.2, 0.25) is 5.09 Å². The van der Waals surface area contributed by atoms with E-state index < -0.39 is 27.8 Å². The van der Waals surface area contributed by atoms with Crippen molar-refractivity contribution in [3.8, 4) is 0 Å². The molecule has 1 heterocycles. The van der Waals surface area contributed by atoms with E-state index in [1.54, 1.807) is 0 Å². The average molecular weight is 314 g/mol. The molecule has 0 aliphatic heterocycles. The van der Waals surface area contributed by atoms with Crippen molar-refractivity contribution in [1.82, 2.24) is 10.0 Å². The maximum absolute atomic E-state index is 12.0. The number of sulfonamides is 1. The van der Waals surface area contributed by atoms with Crippen LogP contribution in [0.4, 0.5) is 13.2 Å². The fourth-order valence-corrected chi connectivity index (χ4v) is 2.29. The Balaban J connectivity index is 2.61. The molecule has 0 saturated carbocycles. The Morgan fingerprint density at radius 2 is 1.95 bits per heavy atom. The molecule has 0 saturated heterocycles. The molecule has 5 nitrogen and oxygen atoms in total. The predicted molar refractivity (Wildman–Crippen MR) is 66.5 cm³/mol. The number of rotatable bonds is 7. The molecule has 0 amide bonds. The standard InChI is InChI=1S/C11H17F3N2O3S/c1-8(2)5-15-6-9-3-4-10(19-9)20(17,18)16-7-11(12,13)14/h3-4,8,15-16H,5-7H2,1-2H3. The minimum atomic E-state index is -4.61. The maximum Gasteiger partial charge on any atom is 0.402 e. The van der Waals surface area contributed by atoms with Gasteiger partial charge in [-0.2, -0.15) is 17.9 Å². The quantitative estimate of drug-likeness (QED) is 0.806. The Labute approximate surface area is 115 Å². The van der Waals surface area contributed by atoms with Crippen LogP contribution in [0.15, 0.2) is 21.6 Å². The van der Waals surface area contributed by atoms with Gasteiger partial charge in [-0.1, -0.05) is 13.8 Å². The second-order valence-corrected chi connectivity index (χ2v) is 6.38. The van der Waals surface area contributed by atoms with Crippen LogP contribution in [0.25, 0.3) is 0 Å². The van der Waals surface area contributed by atoms with Crippen LogP contribution in [-0.2, 0) is 16.6 Å². The fraction of sp³-hybridized carbons (Fsp3) is 0.636. The number of alkyl halides is 3. The smallest absolute Gasteiger partial charge is 0.402 e. The van der Waals surface area contributed by atoms with E-state index >= 15 is 0 Å². The molecule has 0 atom stereocenters. The molecule has 20 heavy (non-hydrogen) atoms. The Morgan fingerprint density at radius 3 is 2.50 bits per heavy atom. The van der Waals surface area contributed by atoms with Crippen LogP contribution in [-0.4, -0.2) is 27.7 Å². The minimum absolute atomic E-state index is 0.312. The predicted octanol–water partition coefficient (Wildman–Crippen LogP) is 1.87. The summed E-state index contributed by atoms with van der Waals surface area (Å²) >= 11 is 0. The van der Waals surface area contributed by atoms with Crippen molar-refractivity contribution >= 4 is 10.0 Å². The summed E-state index contributed by atoms with van der Waals surface area (Å²) in [5.74, 6) is 0.764. The highest BCUT2D eigenvalue weighted by molar-refractivity contribution is 7.89. The lowest BCUT2D eigenvalue weighted by Crippen LogP contribution is -2.33. The van der Waals surface area contributed by atoms with Crippen molar-refractivity contribution in [2.24, 2.45) is 5.92 Å². The van der Waals surface area contributed by atoms with Gasteiger partial charge in [-0.15, -0.1) is 0 Å². The zero-order chi connectivity index (χ0) is 15.4. The van der Waals surface area contributed by atoms with Gasteiger partial charge < -0.3 is 9.73 Å². The lowest BCUT2D eigenvalue weighted by Gasteiger charge is -2.07. The van der Waals surface area contributed by atoms with Crippen LogP contribution < -0.4 is 10.0 Å². The first-order chi connectivity index (χ1) is 9.10. The van der Waals surface area contributed by atoms with Crippen LogP contribution in [0.1, 0.15) is 19.6 Å². The molecular weight excluding hydrogens is 297 g/mol. The van der Waals surface area contributed by atoms with Crippen LogP contribution in [0.3, 0.4) is 0 Å². The van der Waals surface area contributed by atoms with Crippen molar-refractivity contribution in [2.45, 2.75) is 31.7 Å². The topological polar surface area (TPSA) is 71.3 Å². The van der Waals surface area contributed by atoms with Gasteiger partial charge in [-0.3, -0.25) is 0 Å². The fourth-order valence-electron chi connectivity index (χ4n) is 1.33. The van der Waals surface area contributed by atoms with Gasteiger partial charge in [0.15, 0.2) is 0 Å². The van der Waals surface area contributed by atoms with E-state index in [0.717, 1.165) is 12.6 Å². The van der Waals surface area contributed by atoms with Gasteiger partial charge in [0.05, 0.1) is 6.54 Å². The molecule has 0 bridgehead atoms. The van der Waals surface area contributed by atoms with Crippen LogP contribution in [0.5, 0.6) is 0 Å². The second-order valence-electron chi connectivity index (χ2n) is 4.69. The molecular formula is C11H17F3N2O3S. The molecule has 0 spiro atoms. The van der Waals surface area contributed by atoms with Crippen LogP contribution in [0.2, 0.25) is 0 Å². The normalized spacial score (nSPS) is 13.1. The zero-order valence-electron chi connectivity index (χ0n) is 11.1. The molecule has 0 fully saturated rings. The molecule has 2 N–H and O–H groups in total. The Morgan fingerprint density at radius 1 is 1.30 bits per heavy atom. The van der Waals surface area contributed by atoms with Crippen LogP contribution >= 0.6 is 0 Å².